The lowest BCUT2D eigenvalue weighted by atomic mass is 9.97. The van der Waals surface area contributed by atoms with E-state index >= 15 is 0 Å². The Balaban J connectivity index is 3.32. The summed E-state index contributed by atoms with van der Waals surface area (Å²) in [5.41, 5.74) is 7.80. The summed E-state index contributed by atoms with van der Waals surface area (Å²) in [4.78, 5) is 11.1. The summed E-state index contributed by atoms with van der Waals surface area (Å²) in [6, 6.07) is 1.71. The van der Waals surface area contributed by atoms with Gasteiger partial charge in [-0.2, -0.15) is 0 Å². The smallest absolute Gasteiger partial charge is 0.307 e. The van der Waals surface area contributed by atoms with Crippen LogP contribution < -0.4 is 10.5 Å². The second-order valence-corrected chi connectivity index (χ2v) is 6.76. The highest BCUT2D eigenvalue weighted by Crippen LogP contribution is 2.26. The molecular weight excluding hydrogens is 292 g/mol. The Hall–Kier alpha value is -1.44. The third-order valence-electron chi connectivity index (χ3n) is 3.33. The van der Waals surface area contributed by atoms with Crippen molar-refractivity contribution in [3.63, 3.8) is 0 Å². The molecule has 7 heteroatoms. The molecule has 0 amide bonds. The first-order valence-corrected chi connectivity index (χ1v) is 8.20. The van der Waals surface area contributed by atoms with E-state index in [1.54, 1.807) is 26.8 Å². The van der Waals surface area contributed by atoms with Crippen molar-refractivity contribution in [3.8, 4) is 0 Å². The molecule has 1 aromatic rings. The van der Waals surface area contributed by atoms with Gasteiger partial charge < -0.3 is 10.8 Å². The van der Waals surface area contributed by atoms with E-state index in [-0.39, 0.29) is 17.9 Å². The lowest BCUT2D eigenvalue weighted by molar-refractivity contribution is -0.136. The monoisotopic (exact) mass is 314 g/mol. The van der Waals surface area contributed by atoms with E-state index in [0.29, 0.717) is 29.7 Å². The predicted molar refractivity (Wildman–Crippen MR) is 80.9 cm³/mol. The topological polar surface area (TPSA) is 109 Å². The van der Waals surface area contributed by atoms with E-state index in [4.69, 9.17) is 10.8 Å². The fraction of sp³-hybridized carbons (Fsp3) is 0.500. The summed E-state index contributed by atoms with van der Waals surface area (Å²) in [6.07, 6.45) is 0.356. The minimum absolute atomic E-state index is 0.168. The van der Waals surface area contributed by atoms with Crippen molar-refractivity contribution in [3.05, 3.63) is 28.3 Å². The first-order chi connectivity index (χ1) is 9.70. The number of sulfonamides is 1. The molecule has 1 rings (SSSR count). The molecular formula is C14H22N2O4S. The molecule has 0 saturated heterocycles. The van der Waals surface area contributed by atoms with E-state index in [2.05, 4.69) is 4.72 Å². The Kier molecular flexibility index (Phi) is 5.88. The molecule has 4 N–H and O–H groups in total. The number of hydrogen-bond acceptors (Lipinski definition) is 4. The SMILES string of the molecule is Cc1cc(C)c(S(=O)(=O)NCCCN)c(C)c1CC(=O)O. The highest BCUT2D eigenvalue weighted by atomic mass is 32.2. The van der Waals surface area contributed by atoms with Gasteiger partial charge in [-0.25, -0.2) is 13.1 Å². The van der Waals surface area contributed by atoms with Crippen molar-refractivity contribution in [1.29, 1.82) is 0 Å². The quantitative estimate of drug-likeness (QED) is 0.647. The maximum atomic E-state index is 12.4. The van der Waals surface area contributed by atoms with Gasteiger partial charge in [0.25, 0.3) is 0 Å². The van der Waals surface area contributed by atoms with Gasteiger partial charge in [0, 0.05) is 6.54 Å². The van der Waals surface area contributed by atoms with Crippen molar-refractivity contribution in [2.24, 2.45) is 5.73 Å². The van der Waals surface area contributed by atoms with Crippen LogP contribution in [0.5, 0.6) is 0 Å². The zero-order valence-electron chi connectivity index (χ0n) is 12.6. The highest BCUT2D eigenvalue weighted by Gasteiger charge is 2.23. The molecule has 0 heterocycles. The van der Waals surface area contributed by atoms with Gasteiger partial charge in [0.1, 0.15) is 0 Å². The number of benzene rings is 1. The zero-order chi connectivity index (χ0) is 16.2. The average Bonchev–Trinajstić information content (AvgIpc) is 2.33. The molecule has 0 spiro atoms. The summed E-state index contributed by atoms with van der Waals surface area (Å²) in [6.45, 7) is 5.81. The van der Waals surface area contributed by atoms with Crippen molar-refractivity contribution < 1.29 is 18.3 Å². The van der Waals surface area contributed by atoms with Crippen LogP contribution >= 0.6 is 0 Å². The number of carboxylic acids is 1. The molecule has 0 unspecified atom stereocenters. The zero-order valence-corrected chi connectivity index (χ0v) is 13.4. The molecule has 0 aliphatic heterocycles. The first kappa shape index (κ1) is 17.6. The number of nitrogens with two attached hydrogens (primary N) is 1. The number of nitrogens with one attached hydrogen (secondary N) is 1. The first-order valence-electron chi connectivity index (χ1n) is 6.72. The molecule has 21 heavy (non-hydrogen) atoms. The summed E-state index contributed by atoms with van der Waals surface area (Å²) >= 11 is 0. The van der Waals surface area contributed by atoms with Crippen LogP contribution in [0.1, 0.15) is 28.7 Å². The normalized spacial score (nSPS) is 11.6. The second kappa shape index (κ2) is 7.02. The number of carbonyl (C=O) groups is 1. The molecule has 0 aliphatic carbocycles. The molecule has 118 valence electrons. The Morgan fingerprint density at radius 2 is 1.90 bits per heavy atom. The van der Waals surface area contributed by atoms with Crippen LogP contribution in [0.3, 0.4) is 0 Å². The van der Waals surface area contributed by atoms with Gasteiger partial charge in [0.05, 0.1) is 11.3 Å². The highest BCUT2D eigenvalue weighted by molar-refractivity contribution is 7.89. The fourth-order valence-corrected chi connectivity index (χ4v) is 3.99. The average molecular weight is 314 g/mol. The standard InChI is InChI=1S/C14H22N2O4S/c1-9-7-10(2)14(11(3)12(9)8-13(17)18)21(19,20)16-6-4-5-15/h7,16H,4-6,8,15H2,1-3H3,(H,17,18). The number of rotatable bonds is 7. The van der Waals surface area contributed by atoms with Crippen LogP contribution in [-0.4, -0.2) is 32.6 Å². The van der Waals surface area contributed by atoms with Crippen LogP contribution in [-0.2, 0) is 21.2 Å². The molecule has 0 aliphatic rings. The molecule has 0 atom stereocenters. The van der Waals surface area contributed by atoms with Gasteiger partial charge in [0.2, 0.25) is 10.0 Å². The number of hydrogen-bond donors (Lipinski definition) is 3. The van der Waals surface area contributed by atoms with E-state index in [9.17, 15) is 13.2 Å². The van der Waals surface area contributed by atoms with Gasteiger partial charge in [-0.15, -0.1) is 0 Å². The largest absolute Gasteiger partial charge is 0.481 e. The minimum atomic E-state index is -3.67. The van der Waals surface area contributed by atoms with Crippen molar-refractivity contribution >= 4 is 16.0 Å². The van der Waals surface area contributed by atoms with Gasteiger partial charge in [-0.1, -0.05) is 6.07 Å². The Morgan fingerprint density at radius 1 is 1.29 bits per heavy atom. The van der Waals surface area contributed by atoms with Gasteiger partial charge in [0.15, 0.2) is 0 Å². The molecule has 0 bridgehead atoms. The minimum Gasteiger partial charge on any atom is -0.481 e. The summed E-state index contributed by atoms with van der Waals surface area (Å²) in [5, 5.41) is 8.97. The van der Waals surface area contributed by atoms with Gasteiger partial charge in [-0.3, -0.25) is 4.79 Å². The van der Waals surface area contributed by atoms with Crippen LogP contribution in [0.4, 0.5) is 0 Å². The lowest BCUT2D eigenvalue weighted by Gasteiger charge is -2.17. The molecule has 1 aromatic carbocycles. The van der Waals surface area contributed by atoms with Crippen LogP contribution in [0, 0.1) is 20.8 Å². The van der Waals surface area contributed by atoms with Crippen molar-refractivity contribution in [2.75, 3.05) is 13.1 Å². The van der Waals surface area contributed by atoms with Crippen LogP contribution in [0.15, 0.2) is 11.0 Å². The molecule has 0 saturated carbocycles. The Morgan fingerprint density at radius 3 is 2.43 bits per heavy atom. The third-order valence-corrected chi connectivity index (χ3v) is 5.08. The summed E-state index contributed by atoms with van der Waals surface area (Å²) in [7, 11) is -3.67. The predicted octanol–water partition coefficient (Wildman–Crippen LogP) is 0.866. The van der Waals surface area contributed by atoms with E-state index < -0.39 is 16.0 Å². The summed E-state index contributed by atoms with van der Waals surface area (Å²) in [5.74, 6) is -0.982. The van der Waals surface area contributed by atoms with Gasteiger partial charge in [-0.05, 0) is 56.0 Å². The van der Waals surface area contributed by atoms with Crippen LogP contribution in [0.2, 0.25) is 0 Å². The lowest BCUT2D eigenvalue weighted by Crippen LogP contribution is -2.28. The second-order valence-electron chi connectivity index (χ2n) is 5.05. The third kappa shape index (κ3) is 4.26. The maximum absolute atomic E-state index is 12.4. The molecule has 0 radical (unpaired) electrons. The van der Waals surface area contributed by atoms with Crippen LogP contribution in [0.25, 0.3) is 0 Å². The molecule has 0 fully saturated rings. The molecule has 0 aromatic heterocycles. The molecule has 6 nitrogen and oxygen atoms in total. The summed E-state index contributed by atoms with van der Waals surface area (Å²) < 4.78 is 27.3. The Bertz CT molecular complexity index is 639. The number of aryl methyl sites for hydroxylation is 2. The van der Waals surface area contributed by atoms with Gasteiger partial charge >= 0.3 is 5.97 Å². The Labute approximate surface area is 125 Å². The number of carboxylic acid groups (broad SMARTS) is 1. The maximum Gasteiger partial charge on any atom is 0.307 e. The van der Waals surface area contributed by atoms with Crippen molar-refractivity contribution in [1.82, 2.24) is 4.72 Å². The van der Waals surface area contributed by atoms with E-state index in [1.807, 2.05) is 0 Å². The van der Waals surface area contributed by atoms with Crippen molar-refractivity contribution in [2.45, 2.75) is 38.5 Å². The fourth-order valence-electron chi connectivity index (χ4n) is 2.42. The van der Waals surface area contributed by atoms with E-state index in [1.165, 1.54) is 0 Å². The van der Waals surface area contributed by atoms with E-state index in [0.717, 1.165) is 5.56 Å². The number of aliphatic carboxylic acids is 1.